The Kier molecular flexibility index (Phi) is 4.61. The van der Waals surface area contributed by atoms with Crippen LogP contribution < -0.4 is 26.2 Å². The number of nitrogens with one attached hydrogen (secondary N) is 2. The van der Waals surface area contributed by atoms with Gasteiger partial charge in [-0.05, 0) is 36.4 Å². The van der Waals surface area contributed by atoms with Gasteiger partial charge >= 0.3 is 6.36 Å². The van der Waals surface area contributed by atoms with Gasteiger partial charge in [-0.2, -0.15) is 0 Å². The van der Waals surface area contributed by atoms with Crippen molar-refractivity contribution in [3.05, 3.63) is 74.8 Å². The maximum absolute atomic E-state index is 12.1. The predicted molar refractivity (Wildman–Crippen MR) is 89.3 cm³/mol. The van der Waals surface area contributed by atoms with Crippen LogP contribution in [0.25, 0.3) is 0 Å². The Labute approximate surface area is 145 Å². The average molecular weight is 363 g/mol. The second kappa shape index (κ2) is 6.87. The second-order valence-electron chi connectivity index (χ2n) is 5.28. The summed E-state index contributed by atoms with van der Waals surface area (Å²) < 4.78 is 40.2. The number of hydrogen-bond donors (Lipinski definition) is 2. The zero-order valence-electron chi connectivity index (χ0n) is 13.1. The normalized spacial score (nSPS) is 11.3. The van der Waals surface area contributed by atoms with Gasteiger partial charge in [0, 0.05) is 11.9 Å². The van der Waals surface area contributed by atoms with Gasteiger partial charge in [0.2, 0.25) is 0 Å². The number of nitrogens with zero attached hydrogens (tertiary/aromatic N) is 1. The molecule has 2 aromatic carbocycles. The quantitative estimate of drug-likeness (QED) is 0.656. The minimum absolute atomic E-state index is 0.0513. The summed E-state index contributed by atoms with van der Waals surface area (Å²) in [5.41, 5.74) is -0.191. The molecule has 0 unspecified atom stereocenters. The van der Waals surface area contributed by atoms with Gasteiger partial charge in [-0.25, -0.2) is 0 Å². The van der Waals surface area contributed by atoms with E-state index >= 15 is 0 Å². The zero-order valence-corrected chi connectivity index (χ0v) is 13.1. The van der Waals surface area contributed by atoms with Gasteiger partial charge in [-0.15, -0.1) is 13.2 Å². The number of anilines is 3. The lowest BCUT2D eigenvalue weighted by Gasteiger charge is -2.15. The molecule has 3 aromatic rings. The van der Waals surface area contributed by atoms with E-state index in [1.165, 1.54) is 12.1 Å². The van der Waals surface area contributed by atoms with E-state index in [1.54, 1.807) is 24.4 Å². The van der Waals surface area contributed by atoms with Crippen LogP contribution in [0.15, 0.2) is 58.3 Å². The first-order valence-corrected chi connectivity index (χ1v) is 7.43. The highest BCUT2D eigenvalue weighted by atomic mass is 19.4. The molecule has 0 radical (unpaired) electrons. The fourth-order valence-electron chi connectivity index (χ4n) is 2.25. The molecule has 0 aliphatic heterocycles. The summed E-state index contributed by atoms with van der Waals surface area (Å²) in [6, 6.07) is 10.1. The summed E-state index contributed by atoms with van der Waals surface area (Å²) in [6.07, 6.45) is -3.18. The molecular formula is C17H12F3N3O3. The lowest BCUT2D eigenvalue weighted by Crippen LogP contribution is -2.36. The van der Waals surface area contributed by atoms with Crippen LogP contribution in [-0.2, 0) is 6.54 Å². The Bertz CT molecular complexity index is 963. The SMILES string of the molecule is O=c1c(NCc2ccccn2)c(Nc2ccc(OC(F)(F)F)cc2)c1=O. The maximum atomic E-state index is 12.1. The van der Waals surface area contributed by atoms with E-state index in [9.17, 15) is 22.8 Å². The van der Waals surface area contributed by atoms with E-state index in [1.807, 2.05) is 0 Å². The van der Waals surface area contributed by atoms with Crippen molar-refractivity contribution in [2.45, 2.75) is 12.9 Å². The van der Waals surface area contributed by atoms with Gasteiger partial charge in [-0.1, -0.05) is 6.07 Å². The van der Waals surface area contributed by atoms with Crippen molar-refractivity contribution >= 4 is 17.1 Å². The van der Waals surface area contributed by atoms with Crippen LogP contribution in [-0.4, -0.2) is 11.3 Å². The summed E-state index contributed by atoms with van der Waals surface area (Å²) in [5, 5.41) is 5.56. The van der Waals surface area contributed by atoms with Crippen LogP contribution in [0.5, 0.6) is 5.75 Å². The maximum Gasteiger partial charge on any atom is 0.573 e. The van der Waals surface area contributed by atoms with E-state index in [-0.39, 0.29) is 23.7 Å². The van der Waals surface area contributed by atoms with Gasteiger partial charge in [0.25, 0.3) is 10.9 Å². The number of rotatable bonds is 6. The Hall–Kier alpha value is -3.36. The van der Waals surface area contributed by atoms with Crippen molar-refractivity contribution in [3.8, 4) is 5.75 Å². The highest BCUT2D eigenvalue weighted by Gasteiger charge is 2.31. The Morgan fingerprint density at radius 3 is 2.27 bits per heavy atom. The van der Waals surface area contributed by atoms with Gasteiger partial charge in [0.15, 0.2) is 0 Å². The van der Waals surface area contributed by atoms with Crippen molar-refractivity contribution in [1.82, 2.24) is 4.98 Å². The molecule has 3 rings (SSSR count). The molecule has 1 heterocycles. The molecule has 0 amide bonds. The standard InChI is InChI=1S/C17H12F3N3O3/c18-17(19,20)26-12-6-4-10(5-7-12)23-14-13(15(24)16(14)25)22-9-11-3-1-2-8-21-11/h1-8,22-23H,9H2. The molecule has 0 saturated carbocycles. The van der Waals surface area contributed by atoms with Crippen molar-refractivity contribution in [3.63, 3.8) is 0 Å². The van der Waals surface area contributed by atoms with Gasteiger partial charge < -0.3 is 15.4 Å². The molecule has 0 bridgehead atoms. The molecule has 0 saturated heterocycles. The molecule has 0 fully saturated rings. The third-order valence-electron chi connectivity index (χ3n) is 3.44. The Morgan fingerprint density at radius 1 is 0.962 bits per heavy atom. The average Bonchev–Trinajstić information content (AvgIpc) is 2.61. The summed E-state index contributed by atoms with van der Waals surface area (Å²) in [5.74, 6) is -0.387. The first-order valence-electron chi connectivity index (χ1n) is 7.43. The predicted octanol–water partition coefficient (Wildman–Crippen LogP) is 2.93. The topological polar surface area (TPSA) is 80.3 Å². The van der Waals surface area contributed by atoms with E-state index in [0.717, 1.165) is 12.1 Å². The summed E-state index contributed by atoms with van der Waals surface area (Å²) in [6.45, 7) is 0.249. The van der Waals surface area contributed by atoms with E-state index in [2.05, 4.69) is 20.4 Å². The van der Waals surface area contributed by atoms with E-state index in [0.29, 0.717) is 11.4 Å². The molecule has 2 N–H and O–H groups in total. The number of halogens is 3. The lowest BCUT2D eigenvalue weighted by atomic mass is 10.1. The lowest BCUT2D eigenvalue weighted by molar-refractivity contribution is -0.274. The molecule has 26 heavy (non-hydrogen) atoms. The molecule has 9 heteroatoms. The van der Waals surface area contributed by atoms with Gasteiger partial charge in [0.05, 0.1) is 12.2 Å². The summed E-state index contributed by atoms with van der Waals surface area (Å²) in [7, 11) is 0. The number of aromatic nitrogens is 1. The van der Waals surface area contributed by atoms with Crippen LogP contribution in [0.2, 0.25) is 0 Å². The smallest absolute Gasteiger partial charge is 0.406 e. The fourth-order valence-corrected chi connectivity index (χ4v) is 2.25. The van der Waals surface area contributed by atoms with E-state index in [4.69, 9.17) is 0 Å². The van der Waals surface area contributed by atoms with Crippen molar-refractivity contribution in [2.75, 3.05) is 10.6 Å². The van der Waals surface area contributed by atoms with Crippen molar-refractivity contribution < 1.29 is 17.9 Å². The summed E-state index contributed by atoms with van der Waals surface area (Å²) in [4.78, 5) is 27.6. The minimum atomic E-state index is -4.78. The third kappa shape index (κ3) is 4.00. The highest BCUT2D eigenvalue weighted by molar-refractivity contribution is 5.78. The Balaban J connectivity index is 1.70. The molecule has 134 valence electrons. The van der Waals surface area contributed by atoms with Gasteiger partial charge in [0.1, 0.15) is 17.1 Å². The summed E-state index contributed by atoms with van der Waals surface area (Å²) >= 11 is 0. The van der Waals surface area contributed by atoms with Crippen molar-refractivity contribution in [2.24, 2.45) is 0 Å². The molecule has 0 aliphatic carbocycles. The van der Waals surface area contributed by atoms with Crippen LogP contribution in [0, 0.1) is 0 Å². The third-order valence-corrected chi connectivity index (χ3v) is 3.44. The molecule has 0 atom stereocenters. The monoisotopic (exact) mass is 363 g/mol. The zero-order chi connectivity index (χ0) is 18.7. The first kappa shape index (κ1) is 17.5. The van der Waals surface area contributed by atoms with Crippen LogP contribution in [0.1, 0.15) is 5.69 Å². The molecular weight excluding hydrogens is 351 g/mol. The largest absolute Gasteiger partial charge is 0.573 e. The highest BCUT2D eigenvalue weighted by Crippen LogP contribution is 2.26. The molecule has 0 aliphatic rings. The number of pyridine rings is 1. The number of benzene rings is 1. The Morgan fingerprint density at radius 2 is 1.65 bits per heavy atom. The number of ether oxygens (including phenoxy) is 1. The number of hydrogen-bond acceptors (Lipinski definition) is 6. The number of alkyl halides is 3. The van der Waals surface area contributed by atoms with Crippen molar-refractivity contribution in [1.29, 1.82) is 0 Å². The molecule has 0 spiro atoms. The minimum Gasteiger partial charge on any atom is -0.406 e. The van der Waals surface area contributed by atoms with Crippen LogP contribution in [0.3, 0.4) is 0 Å². The van der Waals surface area contributed by atoms with Gasteiger partial charge in [-0.3, -0.25) is 14.6 Å². The molecule has 1 aromatic heterocycles. The first-order chi connectivity index (χ1) is 12.3. The van der Waals surface area contributed by atoms with E-state index < -0.39 is 17.2 Å². The second-order valence-corrected chi connectivity index (χ2v) is 5.28. The molecule has 6 nitrogen and oxygen atoms in total. The van der Waals surface area contributed by atoms with Crippen LogP contribution >= 0.6 is 0 Å². The van der Waals surface area contributed by atoms with Crippen LogP contribution in [0.4, 0.5) is 30.2 Å². The fraction of sp³-hybridized carbons (Fsp3) is 0.118.